The van der Waals surface area contributed by atoms with Gasteiger partial charge in [0, 0.05) is 18.7 Å². The molecule has 0 fully saturated rings. The number of rotatable bonds is 9. The summed E-state index contributed by atoms with van der Waals surface area (Å²) >= 11 is 0. The number of benzene rings is 3. The molecule has 0 amide bonds. The predicted molar refractivity (Wildman–Crippen MR) is 141 cm³/mol. The lowest BCUT2D eigenvalue weighted by Crippen LogP contribution is -2.29. The molecule has 0 aromatic heterocycles. The molecule has 1 atom stereocenters. The molecule has 182 valence electrons. The smallest absolute Gasteiger partial charge is 0.123 e. The maximum Gasteiger partial charge on any atom is 0.123 e. The van der Waals surface area contributed by atoms with Gasteiger partial charge in [0.2, 0.25) is 0 Å². The second-order valence-electron chi connectivity index (χ2n) is 8.51. The van der Waals surface area contributed by atoms with Crippen molar-refractivity contribution in [3.63, 3.8) is 0 Å². The van der Waals surface area contributed by atoms with Gasteiger partial charge in [0.1, 0.15) is 12.4 Å². The highest BCUT2D eigenvalue weighted by Crippen LogP contribution is 2.44. The summed E-state index contributed by atoms with van der Waals surface area (Å²) in [4.78, 5) is 6.43. The number of ether oxygens (including phenoxy) is 1. The van der Waals surface area contributed by atoms with Gasteiger partial charge in [-0.3, -0.25) is 0 Å². The molecule has 0 spiro atoms. The topological polar surface area (TPSA) is 53.0 Å². The van der Waals surface area contributed by atoms with Crippen LogP contribution in [0.5, 0.6) is 5.75 Å². The zero-order valence-electron chi connectivity index (χ0n) is 19.6. The number of aliphatic hydroxyl groups is 1. The Balaban J connectivity index is 0.00000324. The van der Waals surface area contributed by atoms with Crippen LogP contribution < -0.4 is 9.64 Å². The number of nitrogens with zero attached hydrogens (tertiary/aromatic N) is 2. The van der Waals surface area contributed by atoms with Gasteiger partial charge in [0.25, 0.3) is 0 Å². The van der Waals surface area contributed by atoms with E-state index >= 15 is 0 Å². The van der Waals surface area contributed by atoms with Crippen LogP contribution in [-0.2, 0) is 17.3 Å². The highest BCUT2D eigenvalue weighted by Gasteiger charge is 2.29. The standard InChI is InChI=1S/C27H32N2O3S.CH4/c1-20-13-14-26-27(21(20)2)29(23-10-5-7-12-25(23)33(26)31)16-8-15-28(3)19-22-9-4-6-11-24(22)32-18-17-30;/h4-7,9-14,30H,8,15-19H2,1-3H3;1H4. The summed E-state index contributed by atoms with van der Waals surface area (Å²) in [6.07, 6.45) is 0.962. The molecular weight excluding hydrogens is 444 g/mol. The number of para-hydroxylation sites is 2. The van der Waals surface area contributed by atoms with E-state index in [0.29, 0.717) is 6.61 Å². The third-order valence-electron chi connectivity index (χ3n) is 6.17. The van der Waals surface area contributed by atoms with E-state index in [-0.39, 0.29) is 14.0 Å². The summed E-state index contributed by atoms with van der Waals surface area (Å²) in [7, 11) is 0.957. The van der Waals surface area contributed by atoms with E-state index in [0.717, 1.165) is 58.5 Å². The minimum absolute atomic E-state index is 0. The van der Waals surface area contributed by atoms with E-state index in [2.05, 4.69) is 48.9 Å². The first kappa shape index (κ1) is 25.9. The van der Waals surface area contributed by atoms with Crippen LogP contribution in [-0.4, -0.2) is 47.6 Å². The van der Waals surface area contributed by atoms with E-state index in [9.17, 15) is 4.21 Å². The van der Waals surface area contributed by atoms with Gasteiger partial charge in [0.05, 0.1) is 38.6 Å². The van der Waals surface area contributed by atoms with Crippen LogP contribution in [0, 0.1) is 13.8 Å². The largest absolute Gasteiger partial charge is 0.491 e. The van der Waals surface area contributed by atoms with Gasteiger partial charge >= 0.3 is 0 Å². The van der Waals surface area contributed by atoms with Gasteiger partial charge in [0.15, 0.2) is 0 Å². The molecule has 34 heavy (non-hydrogen) atoms. The van der Waals surface area contributed by atoms with Crippen molar-refractivity contribution in [1.29, 1.82) is 0 Å². The normalized spacial score (nSPS) is 14.4. The maximum atomic E-state index is 13.3. The molecule has 1 aliphatic heterocycles. The molecule has 0 aliphatic carbocycles. The SMILES string of the molecule is C.Cc1ccc2c(c1C)N(CCCN(C)Cc1ccccc1OCCO)c1ccccc1S2=O. The van der Waals surface area contributed by atoms with E-state index < -0.39 is 10.8 Å². The quantitative estimate of drug-likeness (QED) is 0.441. The molecule has 5 nitrogen and oxygen atoms in total. The predicted octanol–water partition coefficient (Wildman–Crippen LogP) is 5.45. The summed E-state index contributed by atoms with van der Waals surface area (Å²) in [6, 6.07) is 20.1. The van der Waals surface area contributed by atoms with Crippen molar-refractivity contribution >= 4 is 22.2 Å². The molecule has 3 aromatic rings. The van der Waals surface area contributed by atoms with Crippen LogP contribution in [0.1, 0.15) is 30.5 Å². The Hall–Kier alpha value is -2.67. The van der Waals surface area contributed by atoms with Crippen molar-refractivity contribution < 1.29 is 14.1 Å². The molecular formula is C28H36N2O3S. The molecule has 4 rings (SSSR count). The summed E-state index contributed by atoms with van der Waals surface area (Å²) in [5.41, 5.74) is 5.66. The molecule has 1 heterocycles. The van der Waals surface area contributed by atoms with Crippen molar-refractivity contribution in [2.24, 2.45) is 0 Å². The van der Waals surface area contributed by atoms with Gasteiger partial charge in [-0.25, -0.2) is 4.21 Å². The zero-order valence-corrected chi connectivity index (χ0v) is 20.4. The van der Waals surface area contributed by atoms with Crippen LogP contribution >= 0.6 is 0 Å². The monoisotopic (exact) mass is 480 g/mol. The molecule has 0 bridgehead atoms. The van der Waals surface area contributed by atoms with Crippen molar-refractivity contribution in [2.75, 3.05) is 38.3 Å². The van der Waals surface area contributed by atoms with Crippen LogP contribution in [0.25, 0.3) is 0 Å². The summed E-state index contributed by atoms with van der Waals surface area (Å²) < 4.78 is 18.9. The van der Waals surface area contributed by atoms with Crippen molar-refractivity contribution in [3.05, 3.63) is 77.4 Å². The lowest BCUT2D eigenvalue weighted by molar-refractivity contribution is 0.198. The average molecular weight is 481 g/mol. The number of aryl methyl sites for hydroxylation is 1. The Morgan fingerprint density at radius 3 is 2.53 bits per heavy atom. The lowest BCUT2D eigenvalue weighted by atomic mass is 10.1. The zero-order chi connectivity index (χ0) is 23.4. The van der Waals surface area contributed by atoms with E-state index in [1.807, 2.05) is 42.5 Å². The second kappa shape index (κ2) is 11.6. The first-order valence-electron chi connectivity index (χ1n) is 11.4. The Bertz CT molecular complexity index is 1150. The molecule has 6 heteroatoms. The molecule has 0 saturated heterocycles. The number of hydrogen-bond acceptors (Lipinski definition) is 5. The lowest BCUT2D eigenvalue weighted by Gasteiger charge is -2.35. The molecule has 3 aromatic carbocycles. The fraction of sp³-hybridized carbons (Fsp3) is 0.357. The van der Waals surface area contributed by atoms with Gasteiger partial charge < -0.3 is 19.6 Å². The minimum atomic E-state index is -1.16. The number of hydrogen-bond donors (Lipinski definition) is 1. The molecule has 1 N–H and O–H groups in total. The Morgan fingerprint density at radius 2 is 1.74 bits per heavy atom. The first-order chi connectivity index (χ1) is 16.0. The van der Waals surface area contributed by atoms with Gasteiger partial charge in [-0.05, 0) is 69.3 Å². The van der Waals surface area contributed by atoms with Crippen molar-refractivity contribution in [1.82, 2.24) is 4.90 Å². The number of fused-ring (bicyclic) bond motifs is 2. The summed E-state index contributed by atoms with van der Waals surface area (Å²) in [6.45, 7) is 7.08. The third-order valence-corrected chi connectivity index (χ3v) is 7.65. The van der Waals surface area contributed by atoms with E-state index in [1.165, 1.54) is 11.1 Å². The summed E-state index contributed by atoms with van der Waals surface area (Å²) in [5, 5.41) is 9.07. The highest BCUT2D eigenvalue weighted by molar-refractivity contribution is 7.85. The third kappa shape index (κ3) is 5.35. The van der Waals surface area contributed by atoms with E-state index in [1.54, 1.807) is 0 Å². The minimum Gasteiger partial charge on any atom is -0.491 e. The summed E-state index contributed by atoms with van der Waals surface area (Å²) in [5.74, 6) is 0.825. The van der Waals surface area contributed by atoms with Gasteiger partial charge in [-0.2, -0.15) is 0 Å². The Labute approximate surface area is 206 Å². The Morgan fingerprint density at radius 1 is 1.00 bits per heavy atom. The average Bonchev–Trinajstić information content (AvgIpc) is 2.82. The first-order valence-corrected chi connectivity index (χ1v) is 12.5. The van der Waals surface area contributed by atoms with Gasteiger partial charge in [-0.1, -0.05) is 43.8 Å². The van der Waals surface area contributed by atoms with Crippen molar-refractivity contribution in [3.8, 4) is 5.75 Å². The highest BCUT2D eigenvalue weighted by atomic mass is 32.2. The van der Waals surface area contributed by atoms with Gasteiger partial charge in [-0.15, -0.1) is 0 Å². The van der Waals surface area contributed by atoms with Crippen LogP contribution in [0.4, 0.5) is 11.4 Å². The Kier molecular flexibility index (Phi) is 8.89. The van der Waals surface area contributed by atoms with Crippen molar-refractivity contribution in [2.45, 2.75) is 44.0 Å². The van der Waals surface area contributed by atoms with Crippen LogP contribution in [0.15, 0.2) is 70.5 Å². The molecule has 0 radical (unpaired) electrons. The molecule has 0 saturated carbocycles. The van der Waals surface area contributed by atoms with Crippen LogP contribution in [0.2, 0.25) is 0 Å². The second-order valence-corrected chi connectivity index (χ2v) is 9.93. The fourth-order valence-electron chi connectivity index (χ4n) is 4.37. The number of anilines is 2. The number of aliphatic hydroxyl groups excluding tert-OH is 1. The molecule has 1 aliphatic rings. The molecule has 1 unspecified atom stereocenters. The fourth-order valence-corrected chi connectivity index (χ4v) is 5.81. The maximum absolute atomic E-state index is 13.3. The van der Waals surface area contributed by atoms with Crippen LogP contribution in [0.3, 0.4) is 0 Å². The van der Waals surface area contributed by atoms with E-state index in [4.69, 9.17) is 9.84 Å².